The van der Waals surface area contributed by atoms with Crippen molar-refractivity contribution in [1.82, 2.24) is 10.2 Å². The number of rotatable bonds is 4. The fourth-order valence-corrected chi connectivity index (χ4v) is 4.03. The molecule has 2 amide bonds. The number of carbonyl (C=O) groups is 2. The van der Waals surface area contributed by atoms with Gasteiger partial charge in [0.15, 0.2) is 0 Å². The molecule has 1 aromatic rings. The average molecular weight is 315 g/mol. The van der Waals surface area contributed by atoms with Crippen LogP contribution in [0, 0.1) is 0 Å². The van der Waals surface area contributed by atoms with Gasteiger partial charge in [0.1, 0.15) is 0 Å². The smallest absolute Gasteiger partial charge is 0.238 e. The van der Waals surface area contributed by atoms with Crippen LogP contribution in [0.3, 0.4) is 0 Å². The Morgan fingerprint density at radius 3 is 2.39 bits per heavy atom. The third kappa shape index (κ3) is 4.10. The lowest BCUT2D eigenvalue weighted by atomic mass is 9.81. The number of nitrogens with one attached hydrogen (secondary N) is 2. The van der Waals surface area contributed by atoms with E-state index in [1.165, 1.54) is 6.42 Å². The van der Waals surface area contributed by atoms with Gasteiger partial charge < -0.3 is 10.6 Å². The van der Waals surface area contributed by atoms with Crippen molar-refractivity contribution >= 4 is 17.5 Å². The monoisotopic (exact) mass is 315 g/mol. The summed E-state index contributed by atoms with van der Waals surface area (Å²) in [5.41, 5.74) is 0.843. The molecule has 23 heavy (non-hydrogen) atoms. The highest BCUT2D eigenvalue weighted by molar-refractivity contribution is 5.92. The number of hydrogen-bond acceptors (Lipinski definition) is 3. The zero-order valence-electron chi connectivity index (χ0n) is 13.6. The van der Waals surface area contributed by atoms with Crippen LogP contribution in [0.5, 0.6) is 0 Å². The molecule has 1 aromatic carbocycles. The van der Waals surface area contributed by atoms with Crippen molar-refractivity contribution in [2.75, 3.05) is 11.9 Å². The maximum atomic E-state index is 12.3. The Morgan fingerprint density at radius 1 is 1.13 bits per heavy atom. The van der Waals surface area contributed by atoms with E-state index >= 15 is 0 Å². The van der Waals surface area contributed by atoms with Gasteiger partial charge in [0.2, 0.25) is 11.8 Å². The maximum Gasteiger partial charge on any atom is 0.238 e. The standard InChI is InChI=1S/C18H25N3O2/c1-13(22)19-15-10-16-8-5-9-17(11-15)21(16)12-18(23)20-14-6-3-2-4-7-14/h2-4,6-7,15-17H,5,8-12H2,1H3,(H,19,22)(H,20,23)/t15?,16-,17+. The molecule has 2 heterocycles. The van der Waals surface area contributed by atoms with Crippen LogP contribution in [0.25, 0.3) is 0 Å². The number of fused-ring (bicyclic) bond motifs is 2. The third-order valence-electron chi connectivity index (χ3n) is 4.92. The van der Waals surface area contributed by atoms with Gasteiger partial charge in [0, 0.05) is 30.7 Å². The zero-order valence-corrected chi connectivity index (χ0v) is 13.6. The van der Waals surface area contributed by atoms with Crippen molar-refractivity contribution in [3.8, 4) is 0 Å². The largest absolute Gasteiger partial charge is 0.353 e. The number of carbonyl (C=O) groups excluding carboxylic acids is 2. The van der Waals surface area contributed by atoms with Crippen LogP contribution in [0.1, 0.15) is 39.0 Å². The van der Waals surface area contributed by atoms with Crippen LogP contribution in [0.15, 0.2) is 30.3 Å². The van der Waals surface area contributed by atoms with Crippen LogP contribution in [0.4, 0.5) is 5.69 Å². The SMILES string of the molecule is CC(=O)NC1C[C@H]2CCC[C@@H](C1)N2CC(=O)Nc1ccccc1. The first kappa shape index (κ1) is 16.0. The summed E-state index contributed by atoms with van der Waals surface area (Å²) in [5, 5.41) is 6.03. The van der Waals surface area contributed by atoms with Crippen LogP contribution < -0.4 is 10.6 Å². The predicted molar refractivity (Wildman–Crippen MR) is 90.0 cm³/mol. The lowest BCUT2D eigenvalue weighted by Crippen LogP contribution is -2.58. The number of anilines is 1. The molecule has 0 saturated carbocycles. The molecule has 1 unspecified atom stereocenters. The topological polar surface area (TPSA) is 61.4 Å². The van der Waals surface area contributed by atoms with Gasteiger partial charge in [-0.15, -0.1) is 0 Å². The normalized spacial score (nSPS) is 27.3. The molecule has 2 saturated heterocycles. The molecule has 5 heteroatoms. The molecule has 2 fully saturated rings. The van der Waals surface area contributed by atoms with Crippen LogP contribution in [-0.4, -0.2) is 41.4 Å². The van der Waals surface area contributed by atoms with Gasteiger partial charge in [0.05, 0.1) is 6.54 Å². The fraction of sp³-hybridized carbons (Fsp3) is 0.556. The second kappa shape index (κ2) is 7.13. The van der Waals surface area contributed by atoms with Gasteiger partial charge in [-0.2, -0.15) is 0 Å². The van der Waals surface area contributed by atoms with E-state index in [0.29, 0.717) is 18.6 Å². The second-order valence-corrected chi connectivity index (χ2v) is 6.69. The predicted octanol–water partition coefficient (Wildman–Crippen LogP) is 2.15. The first-order chi connectivity index (χ1) is 11.1. The lowest BCUT2D eigenvalue weighted by Gasteiger charge is -2.48. The summed E-state index contributed by atoms with van der Waals surface area (Å²) in [6.07, 6.45) is 5.36. The molecule has 0 aliphatic carbocycles. The van der Waals surface area contributed by atoms with E-state index in [0.717, 1.165) is 31.4 Å². The average Bonchev–Trinajstić information content (AvgIpc) is 2.48. The molecule has 3 atom stereocenters. The number of amides is 2. The molecule has 5 nitrogen and oxygen atoms in total. The first-order valence-electron chi connectivity index (χ1n) is 8.49. The Hall–Kier alpha value is -1.88. The number of benzene rings is 1. The number of piperidine rings is 2. The van der Waals surface area contributed by atoms with Crippen LogP contribution in [0.2, 0.25) is 0 Å². The van der Waals surface area contributed by atoms with E-state index < -0.39 is 0 Å². The Bertz CT molecular complexity index is 547. The Balaban J connectivity index is 1.59. The zero-order chi connectivity index (χ0) is 16.2. The molecule has 0 radical (unpaired) electrons. The Labute approximate surface area is 137 Å². The van der Waals surface area contributed by atoms with Gasteiger partial charge in [-0.25, -0.2) is 0 Å². The highest BCUT2D eigenvalue weighted by Gasteiger charge is 2.39. The summed E-state index contributed by atoms with van der Waals surface area (Å²) in [5.74, 6) is 0.0921. The van der Waals surface area contributed by atoms with Gasteiger partial charge >= 0.3 is 0 Å². The molecule has 2 bridgehead atoms. The van der Waals surface area contributed by atoms with E-state index in [9.17, 15) is 9.59 Å². The highest BCUT2D eigenvalue weighted by atomic mass is 16.2. The summed E-state index contributed by atoms with van der Waals surface area (Å²) in [7, 11) is 0. The molecule has 2 N–H and O–H groups in total. The van der Waals surface area contributed by atoms with E-state index in [2.05, 4.69) is 15.5 Å². The summed E-state index contributed by atoms with van der Waals surface area (Å²) in [6.45, 7) is 2.02. The highest BCUT2D eigenvalue weighted by Crippen LogP contribution is 2.33. The summed E-state index contributed by atoms with van der Waals surface area (Å²) in [4.78, 5) is 26.0. The molecule has 2 aliphatic heterocycles. The van der Waals surface area contributed by atoms with E-state index in [1.807, 2.05) is 30.3 Å². The van der Waals surface area contributed by atoms with Crippen molar-refractivity contribution in [3.63, 3.8) is 0 Å². The minimum absolute atomic E-state index is 0.0448. The van der Waals surface area contributed by atoms with Gasteiger partial charge in [-0.1, -0.05) is 24.6 Å². The van der Waals surface area contributed by atoms with Crippen molar-refractivity contribution in [2.45, 2.75) is 57.2 Å². The summed E-state index contributed by atoms with van der Waals surface area (Å²) in [6, 6.07) is 10.7. The molecule has 124 valence electrons. The summed E-state index contributed by atoms with van der Waals surface area (Å²) < 4.78 is 0. The first-order valence-corrected chi connectivity index (χ1v) is 8.49. The van der Waals surface area contributed by atoms with E-state index in [4.69, 9.17) is 0 Å². The molecular weight excluding hydrogens is 290 g/mol. The van der Waals surface area contributed by atoms with Gasteiger partial charge in [0.25, 0.3) is 0 Å². The lowest BCUT2D eigenvalue weighted by molar-refractivity contribution is -0.123. The number of nitrogens with zero attached hydrogens (tertiary/aromatic N) is 1. The molecular formula is C18H25N3O2. The van der Waals surface area contributed by atoms with Crippen molar-refractivity contribution in [2.24, 2.45) is 0 Å². The minimum atomic E-state index is 0.0448. The van der Waals surface area contributed by atoms with Gasteiger partial charge in [-0.05, 0) is 37.8 Å². The van der Waals surface area contributed by atoms with Crippen LogP contribution in [-0.2, 0) is 9.59 Å². The van der Waals surface area contributed by atoms with Crippen molar-refractivity contribution in [1.29, 1.82) is 0 Å². The Morgan fingerprint density at radius 2 is 1.78 bits per heavy atom. The maximum absolute atomic E-state index is 12.3. The fourth-order valence-electron chi connectivity index (χ4n) is 4.03. The number of para-hydroxylation sites is 1. The summed E-state index contributed by atoms with van der Waals surface area (Å²) >= 11 is 0. The van der Waals surface area contributed by atoms with Gasteiger partial charge in [-0.3, -0.25) is 14.5 Å². The van der Waals surface area contributed by atoms with E-state index in [1.54, 1.807) is 6.92 Å². The molecule has 0 spiro atoms. The molecule has 3 rings (SSSR count). The van der Waals surface area contributed by atoms with Crippen LogP contribution >= 0.6 is 0 Å². The van der Waals surface area contributed by atoms with Crippen molar-refractivity contribution in [3.05, 3.63) is 30.3 Å². The van der Waals surface area contributed by atoms with Crippen molar-refractivity contribution < 1.29 is 9.59 Å². The number of hydrogen-bond donors (Lipinski definition) is 2. The quantitative estimate of drug-likeness (QED) is 0.895. The van der Waals surface area contributed by atoms with E-state index in [-0.39, 0.29) is 17.9 Å². The second-order valence-electron chi connectivity index (χ2n) is 6.69. The minimum Gasteiger partial charge on any atom is -0.353 e. The third-order valence-corrected chi connectivity index (χ3v) is 4.92. The molecule has 2 aliphatic rings. The Kier molecular flexibility index (Phi) is 4.96. The molecule has 0 aromatic heterocycles.